The number of aromatic amines is 1. The van der Waals surface area contributed by atoms with Gasteiger partial charge in [0.05, 0.1) is 12.1 Å². The number of fused-ring (bicyclic) bond motifs is 1. The second-order valence-electron chi connectivity index (χ2n) is 5.20. The van der Waals surface area contributed by atoms with Crippen molar-refractivity contribution in [2.24, 2.45) is 0 Å². The number of carboxylic acids is 1. The number of aromatic nitrogens is 2. The Morgan fingerprint density at radius 2 is 2.30 bits per heavy atom. The van der Waals surface area contributed by atoms with Crippen molar-refractivity contribution in [2.45, 2.75) is 23.7 Å². The van der Waals surface area contributed by atoms with E-state index in [-0.39, 0.29) is 16.3 Å². The summed E-state index contributed by atoms with van der Waals surface area (Å²) in [7, 11) is -2.48. The molecule has 0 unspecified atom stereocenters. The Morgan fingerprint density at radius 1 is 1.52 bits per heavy atom. The van der Waals surface area contributed by atoms with Crippen LogP contribution in [0.25, 0.3) is 0 Å². The molecule has 0 amide bonds. The summed E-state index contributed by atoms with van der Waals surface area (Å²) >= 11 is 1.03. The van der Waals surface area contributed by atoms with E-state index in [9.17, 15) is 18.3 Å². The van der Waals surface area contributed by atoms with E-state index >= 15 is 0 Å². The van der Waals surface area contributed by atoms with Gasteiger partial charge in [-0.2, -0.15) is 4.31 Å². The Bertz CT molecular complexity index is 827. The van der Waals surface area contributed by atoms with Crippen LogP contribution in [0.5, 0.6) is 0 Å². The molecule has 0 fully saturated rings. The maximum absolute atomic E-state index is 12.8. The first-order valence-electron chi connectivity index (χ1n) is 6.94. The molecule has 3 rings (SSSR count). The van der Waals surface area contributed by atoms with Crippen LogP contribution >= 0.6 is 11.3 Å². The fourth-order valence-corrected chi connectivity index (χ4v) is 5.72. The summed E-state index contributed by atoms with van der Waals surface area (Å²) < 4.78 is 26.6. The van der Waals surface area contributed by atoms with Crippen LogP contribution in [0.4, 0.5) is 0 Å². The van der Waals surface area contributed by atoms with Crippen LogP contribution in [0.15, 0.2) is 16.6 Å². The molecule has 0 saturated heterocycles. The number of nitrogens with zero attached hydrogens (tertiary/aromatic N) is 2. The molecule has 10 heteroatoms. The highest BCUT2D eigenvalue weighted by Gasteiger charge is 2.34. The van der Waals surface area contributed by atoms with E-state index in [2.05, 4.69) is 15.3 Å². The van der Waals surface area contributed by atoms with Gasteiger partial charge in [0, 0.05) is 30.9 Å². The quantitative estimate of drug-likeness (QED) is 0.724. The number of carbonyl (C=O) groups is 1. The number of hydrogen-bond acceptors (Lipinski definition) is 6. The molecular weight excluding hydrogens is 340 g/mol. The molecule has 0 atom stereocenters. The predicted molar refractivity (Wildman–Crippen MR) is 83.9 cm³/mol. The van der Waals surface area contributed by atoms with Crippen molar-refractivity contribution in [1.29, 1.82) is 0 Å². The first-order chi connectivity index (χ1) is 10.9. The summed E-state index contributed by atoms with van der Waals surface area (Å²) in [6.07, 6.45) is 3.66. The van der Waals surface area contributed by atoms with E-state index in [1.54, 1.807) is 6.20 Å². The topological polar surface area (TPSA) is 115 Å². The summed E-state index contributed by atoms with van der Waals surface area (Å²) in [5.74, 6) is -0.703. The standard InChI is InChI=1S/C13H16N4O4S2/c1-17(7-10-15-4-5-16-10)23(20,21)13-11(12(18)19)8-2-3-14-6-9(8)22-13/h4-5,14H,2-3,6-7H2,1H3,(H,15,16)(H,18,19). The van der Waals surface area contributed by atoms with Crippen molar-refractivity contribution in [3.05, 3.63) is 34.2 Å². The molecule has 3 N–H and O–H groups in total. The van der Waals surface area contributed by atoms with Gasteiger partial charge in [-0.3, -0.25) is 0 Å². The number of rotatable bonds is 5. The number of thiophene rings is 1. The predicted octanol–water partition coefficient (Wildman–Crippen LogP) is 0.636. The van der Waals surface area contributed by atoms with Gasteiger partial charge in [0.25, 0.3) is 10.0 Å². The summed E-state index contributed by atoms with van der Waals surface area (Å²) in [6.45, 7) is 1.19. The molecule has 2 aromatic rings. The molecule has 8 nitrogen and oxygen atoms in total. The van der Waals surface area contributed by atoms with Gasteiger partial charge in [0.15, 0.2) is 0 Å². The number of sulfonamides is 1. The van der Waals surface area contributed by atoms with E-state index in [0.29, 0.717) is 30.9 Å². The van der Waals surface area contributed by atoms with E-state index in [1.807, 2.05) is 0 Å². The Balaban J connectivity index is 2.02. The van der Waals surface area contributed by atoms with Crippen molar-refractivity contribution in [3.63, 3.8) is 0 Å². The fourth-order valence-electron chi connectivity index (χ4n) is 2.53. The number of aromatic carboxylic acids is 1. The van der Waals surface area contributed by atoms with Crippen molar-refractivity contribution in [2.75, 3.05) is 13.6 Å². The smallest absolute Gasteiger partial charge is 0.338 e. The third kappa shape index (κ3) is 2.90. The third-order valence-corrected chi connectivity index (χ3v) is 7.21. The highest BCUT2D eigenvalue weighted by atomic mass is 32.2. The number of H-pyrrole nitrogens is 1. The normalized spacial score (nSPS) is 14.9. The maximum Gasteiger partial charge on any atom is 0.338 e. The van der Waals surface area contributed by atoms with Gasteiger partial charge in [0.1, 0.15) is 10.0 Å². The Labute approximate surface area is 137 Å². The number of hydrogen-bond donors (Lipinski definition) is 3. The largest absolute Gasteiger partial charge is 0.478 e. The Hall–Kier alpha value is -1.75. The first kappa shape index (κ1) is 16.1. The van der Waals surface area contributed by atoms with Gasteiger partial charge in [-0.05, 0) is 18.5 Å². The summed E-state index contributed by atoms with van der Waals surface area (Å²) in [5.41, 5.74) is 0.545. The third-order valence-electron chi connectivity index (χ3n) is 3.68. The molecule has 1 aliphatic heterocycles. The van der Waals surface area contributed by atoms with Crippen LogP contribution < -0.4 is 5.32 Å². The van der Waals surface area contributed by atoms with Gasteiger partial charge >= 0.3 is 5.97 Å². The van der Waals surface area contributed by atoms with Crippen LogP contribution in [0.2, 0.25) is 0 Å². The Morgan fingerprint density at radius 3 is 2.96 bits per heavy atom. The lowest BCUT2D eigenvalue weighted by Gasteiger charge is -2.15. The molecule has 0 aromatic carbocycles. The minimum atomic E-state index is -3.90. The van der Waals surface area contributed by atoms with Gasteiger partial charge in [-0.1, -0.05) is 0 Å². The molecule has 0 spiro atoms. The minimum absolute atomic E-state index is 0.0508. The number of nitrogens with one attached hydrogen (secondary N) is 2. The van der Waals surface area contributed by atoms with Crippen LogP contribution in [0.3, 0.4) is 0 Å². The molecule has 0 radical (unpaired) electrons. The fraction of sp³-hybridized carbons (Fsp3) is 0.385. The summed E-state index contributed by atoms with van der Waals surface area (Å²) in [4.78, 5) is 19.2. The highest BCUT2D eigenvalue weighted by Crippen LogP contribution is 2.36. The van der Waals surface area contributed by atoms with E-state index < -0.39 is 16.0 Å². The minimum Gasteiger partial charge on any atom is -0.478 e. The molecule has 124 valence electrons. The van der Waals surface area contributed by atoms with E-state index in [1.165, 1.54) is 13.2 Å². The van der Waals surface area contributed by atoms with Gasteiger partial charge in [-0.15, -0.1) is 11.3 Å². The van der Waals surface area contributed by atoms with Crippen LogP contribution in [-0.4, -0.2) is 47.4 Å². The molecule has 0 bridgehead atoms. The zero-order chi connectivity index (χ0) is 16.6. The molecule has 1 aliphatic rings. The van der Waals surface area contributed by atoms with Gasteiger partial charge < -0.3 is 15.4 Å². The molecule has 23 heavy (non-hydrogen) atoms. The summed E-state index contributed by atoms with van der Waals surface area (Å²) in [5, 5.41) is 12.6. The van der Waals surface area contributed by atoms with Crippen molar-refractivity contribution in [1.82, 2.24) is 19.6 Å². The Kier molecular flexibility index (Phi) is 4.23. The van der Waals surface area contributed by atoms with Crippen LogP contribution in [-0.2, 0) is 29.5 Å². The molecule has 0 aliphatic carbocycles. The van der Waals surface area contributed by atoms with Gasteiger partial charge in [-0.25, -0.2) is 18.2 Å². The van der Waals surface area contributed by atoms with Gasteiger partial charge in [0.2, 0.25) is 0 Å². The second-order valence-corrected chi connectivity index (χ2v) is 8.54. The second kappa shape index (κ2) is 6.04. The van der Waals surface area contributed by atoms with Crippen LogP contribution in [0, 0.1) is 0 Å². The van der Waals surface area contributed by atoms with Crippen molar-refractivity contribution < 1.29 is 18.3 Å². The monoisotopic (exact) mass is 356 g/mol. The SMILES string of the molecule is CN(Cc1ncc[nH]1)S(=O)(=O)c1sc2c(c1C(=O)O)CCNC2. The maximum atomic E-state index is 12.8. The zero-order valence-corrected chi connectivity index (χ0v) is 14.0. The average Bonchev–Trinajstić information content (AvgIpc) is 3.13. The van der Waals surface area contributed by atoms with E-state index in [4.69, 9.17) is 0 Å². The van der Waals surface area contributed by atoms with Crippen molar-refractivity contribution in [3.8, 4) is 0 Å². The lowest BCUT2D eigenvalue weighted by Crippen LogP contribution is -2.28. The van der Waals surface area contributed by atoms with E-state index in [0.717, 1.165) is 20.5 Å². The molecule has 3 heterocycles. The highest BCUT2D eigenvalue weighted by molar-refractivity contribution is 7.91. The first-order valence-corrected chi connectivity index (χ1v) is 9.20. The molecular formula is C13H16N4O4S2. The average molecular weight is 356 g/mol. The molecule has 2 aromatic heterocycles. The van der Waals surface area contributed by atoms with Crippen LogP contribution in [0.1, 0.15) is 26.6 Å². The summed E-state index contributed by atoms with van der Waals surface area (Å²) in [6, 6.07) is 0. The number of carboxylic acid groups (broad SMARTS) is 1. The van der Waals surface area contributed by atoms with Crippen molar-refractivity contribution >= 4 is 27.3 Å². The lowest BCUT2D eigenvalue weighted by molar-refractivity contribution is 0.0692. The number of imidazole rings is 1. The lowest BCUT2D eigenvalue weighted by atomic mass is 10.1. The molecule has 0 saturated carbocycles. The zero-order valence-electron chi connectivity index (χ0n) is 12.4.